The van der Waals surface area contributed by atoms with Gasteiger partial charge in [-0.2, -0.15) is 0 Å². The highest BCUT2D eigenvalue weighted by Gasteiger charge is 2.27. The van der Waals surface area contributed by atoms with Crippen molar-refractivity contribution >= 4 is 5.57 Å². The number of allylic oxidation sites excluding steroid dienone is 1. The molecule has 2 aliphatic rings. The highest BCUT2D eigenvalue weighted by atomic mass is 19.3. The Hall–Kier alpha value is -2.23. The summed E-state index contributed by atoms with van der Waals surface area (Å²) in [5, 5.41) is 0. The van der Waals surface area contributed by atoms with Gasteiger partial charge in [-0.15, -0.1) is 0 Å². The summed E-state index contributed by atoms with van der Waals surface area (Å²) in [4.78, 5) is 15.5. The molecule has 1 heterocycles. The number of aromatic amines is 1. The fourth-order valence-corrected chi connectivity index (χ4v) is 3.48. The molecule has 0 spiro atoms. The molecule has 0 bridgehead atoms. The van der Waals surface area contributed by atoms with E-state index in [1.807, 2.05) is 12.1 Å². The van der Waals surface area contributed by atoms with Crippen molar-refractivity contribution in [2.75, 3.05) is 0 Å². The first-order valence-corrected chi connectivity index (χ1v) is 9.36. The molecular weight excluding hydrogens is 332 g/mol. The molecular formula is C22H23F2NO. The summed E-state index contributed by atoms with van der Waals surface area (Å²) in [5.74, 6) is -1.96. The summed E-state index contributed by atoms with van der Waals surface area (Å²) in [6, 6.07) is 10.3. The zero-order chi connectivity index (χ0) is 18.3. The van der Waals surface area contributed by atoms with Crippen LogP contribution < -0.4 is 5.56 Å². The SMILES string of the molecule is CC(F)(F)c1ccc(/C(=C/C2CCC2)c2ccc(C3CC3)c(=O)[nH]2)cc1. The van der Waals surface area contributed by atoms with Crippen LogP contribution in [0.4, 0.5) is 8.78 Å². The normalized spacial score (nSPS) is 18.7. The molecule has 1 aromatic heterocycles. The molecule has 1 aromatic carbocycles. The first kappa shape index (κ1) is 17.2. The lowest BCUT2D eigenvalue weighted by atomic mass is 9.82. The van der Waals surface area contributed by atoms with Crippen LogP contribution in [0.5, 0.6) is 0 Å². The highest BCUT2D eigenvalue weighted by molar-refractivity contribution is 5.78. The molecule has 136 valence electrons. The lowest BCUT2D eigenvalue weighted by molar-refractivity contribution is 0.0175. The maximum Gasteiger partial charge on any atom is 0.270 e. The number of hydrogen-bond donors (Lipinski definition) is 1. The number of H-pyrrole nitrogens is 1. The molecule has 0 radical (unpaired) electrons. The molecule has 2 aliphatic carbocycles. The van der Waals surface area contributed by atoms with Gasteiger partial charge in [0.25, 0.3) is 11.5 Å². The number of alkyl halides is 2. The maximum absolute atomic E-state index is 13.5. The fraction of sp³-hybridized carbons (Fsp3) is 0.409. The summed E-state index contributed by atoms with van der Waals surface area (Å²) in [6.45, 7) is 0.904. The summed E-state index contributed by atoms with van der Waals surface area (Å²) in [5.41, 5.74) is 3.39. The molecule has 0 unspecified atom stereocenters. The summed E-state index contributed by atoms with van der Waals surface area (Å²) < 4.78 is 27.0. The van der Waals surface area contributed by atoms with Crippen LogP contribution in [0, 0.1) is 5.92 Å². The van der Waals surface area contributed by atoms with Crippen LogP contribution in [0.3, 0.4) is 0 Å². The Kier molecular flexibility index (Phi) is 4.29. The fourth-order valence-electron chi connectivity index (χ4n) is 3.48. The first-order valence-electron chi connectivity index (χ1n) is 9.36. The quantitative estimate of drug-likeness (QED) is 0.744. The molecule has 2 fully saturated rings. The van der Waals surface area contributed by atoms with E-state index in [1.54, 1.807) is 12.1 Å². The topological polar surface area (TPSA) is 32.9 Å². The largest absolute Gasteiger partial charge is 0.322 e. The molecule has 4 rings (SSSR count). The van der Waals surface area contributed by atoms with Crippen LogP contribution in [-0.2, 0) is 5.92 Å². The van der Waals surface area contributed by atoms with Crippen molar-refractivity contribution in [3.05, 3.63) is 75.2 Å². The third kappa shape index (κ3) is 3.50. The van der Waals surface area contributed by atoms with E-state index in [-0.39, 0.29) is 11.1 Å². The predicted molar refractivity (Wildman–Crippen MR) is 99.5 cm³/mol. The van der Waals surface area contributed by atoms with Gasteiger partial charge in [-0.25, -0.2) is 8.78 Å². The second kappa shape index (κ2) is 6.49. The molecule has 2 aromatic rings. The molecule has 4 heteroatoms. The predicted octanol–water partition coefficient (Wildman–Crippen LogP) is 5.60. The lowest BCUT2D eigenvalue weighted by Crippen LogP contribution is -2.15. The van der Waals surface area contributed by atoms with E-state index < -0.39 is 5.92 Å². The van der Waals surface area contributed by atoms with Crippen LogP contribution in [0.1, 0.15) is 67.3 Å². The molecule has 2 nitrogen and oxygen atoms in total. The van der Waals surface area contributed by atoms with Gasteiger partial charge >= 0.3 is 0 Å². The van der Waals surface area contributed by atoms with E-state index >= 15 is 0 Å². The van der Waals surface area contributed by atoms with Gasteiger partial charge in [0, 0.05) is 29.3 Å². The van der Waals surface area contributed by atoms with Crippen molar-refractivity contribution in [3.8, 4) is 0 Å². The Morgan fingerprint density at radius 2 is 1.77 bits per heavy atom. The van der Waals surface area contributed by atoms with Crippen LogP contribution in [0.15, 0.2) is 47.3 Å². The third-order valence-corrected chi connectivity index (χ3v) is 5.50. The van der Waals surface area contributed by atoms with E-state index in [4.69, 9.17) is 0 Å². The zero-order valence-electron chi connectivity index (χ0n) is 14.9. The number of benzene rings is 1. The average Bonchev–Trinajstić information content (AvgIpc) is 3.38. The van der Waals surface area contributed by atoms with Crippen molar-refractivity contribution in [1.29, 1.82) is 0 Å². The Balaban J connectivity index is 1.72. The van der Waals surface area contributed by atoms with E-state index in [9.17, 15) is 13.6 Å². The number of pyridine rings is 1. The van der Waals surface area contributed by atoms with Crippen molar-refractivity contribution in [2.24, 2.45) is 5.92 Å². The minimum Gasteiger partial charge on any atom is -0.322 e. The van der Waals surface area contributed by atoms with Crippen molar-refractivity contribution < 1.29 is 8.78 Å². The standard InChI is InChI=1S/C22H23F2NO/c1-22(23,24)17-9-7-16(8-10-17)19(13-14-3-2-4-14)20-12-11-18(15-5-6-15)21(26)25-20/h7-15H,2-6H2,1H3,(H,25,26)/b19-13-. The second-order valence-corrected chi connectivity index (χ2v) is 7.67. The Labute approximate surface area is 152 Å². The molecule has 0 aliphatic heterocycles. The Morgan fingerprint density at radius 3 is 2.27 bits per heavy atom. The van der Waals surface area contributed by atoms with Gasteiger partial charge in [0.05, 0.1) is 0 Å². The molecule has 0 atom stereocenters. The van der Waals surface area contributed by atoms with Gasteiger partial charge in [0.2, 0.25) is 0 Å². The first-order chi connectivity index (χ1) is 12.4. The Morgan fingerprint density at radius 1 is 1.08 bits per heavy atom. The summed E-state index contributed by atoms with van der Waals surface area (Å²) in [7, 11) is 0. The van der Waals surface area contributed by atoms with Gasteiger partial charge in [0.1, 0.15) is 0 Å². The van der Waals surface area contributed by atoms with Gasteiger partial charge in [0.15, 0.2) is 0 Å². The summed E-state index contributed by atoms with van der Waals surface area (Å²) >= 11 is 0. The van der Waals surface area contributed by atoms with Gasteiger partial charge in [-0.1, -0.05) is 42.8 Å². The minimum absolute atomic E-state index is 0.00168. The summed E-state index contributed by atoms with van der Waals surface area (Å²) in [6.07, 6.45) is 7.84. The maximum atomic E-state index is 13.5. The molecule has 0 saturated heterocycles. The minimum atomic E-state index is -2.85. The van der Waals surface area contributed by atoms with Crippen LogP contribution in [0.2, 0.25) is 0 Å². The van der Waals surface area contributed by atoms with E-state index in [2.05, 4.69) is 11.1 Å². The van der Waals surface area contributed by atoms with Crippen molar-refractivity contribution in [3.63, 3.8) is 0 Å². The molecule has 2 saturated carbocycles. The van der Waals surface area contributed by atoms with Crippen molar-refractivity contribution in [2.45, 2.75) is 50.9 Å². The monoisotopic (exact) mass is 355 g/mol. The average molecular weight is 355 g/mol. The van der Waals surface area contributed by atoms with Crippen LogP contribution >= 0.6 is 0 Å². The number of nitrogens with one attached hydrogen (secondary N) is 1. The van der Waals surface area contributed by atoms with Crippen LogP contribution in [-0.4, -0.2) is 4.98 Å². The van der Waals surface area contributed by atoms with Gasteiger partial charge in [-0.05, 0) is 49.1 Å². The number of halogens is 2. The lowest BCUT2D eigenvalue weighted by Gasteiger charge is -2.23. The van der Waals surface area contributed by atoms with Gasteiger partial charge < -0.3 is 4.98 Å². The number of rotatable bonds is 5. The number of hydrogen-bond acceptors (Lipinski definition) is 1. The Bertz CT molecular complexity index is 882. The van der Waals surface area contributed by atoms with E-state index in [0.29, 0.717) is 11.8 Å². The smallest absolute Gasteiger partial charge is 0.270 e. The van der Waals surface area contributed by atoms with Crippen molar-refractivity contribution in [1.82, 2.24) is 4.98 Å². The third-order valence-electron chi connectivity index (χ3n) is 5.50. The molecule has 26 heavy (non-hydrogen) atoms. The zero-order valence-corrected chi connectivity index (χ0v) is 14.9. The molecule has 0 amide bonds. The van der Waals surface area contributed by atoms with Gasteiger partial charge in [-0.3, -0.25) is 4.79 Å². The molecule has 1 N–H and O–H groups in total. The van der Waals surface area contributed by atoms with E-state index in [0.717, 1.165) is 55.0 Å². The second-order valence-electron chi connectivity index (χ2n) is 7.67. The number of aromatic nitrogens is 1. The van der Waals surface area contributed by atoms with E-state index in [1.165, 1.54) is 18.6 Å². The highest BCUT2D eigenvalue weighted by Crippen LogP contribution is 2.39. The van der Waals surface area contributed by atoms with Crippen LogP contribution in [0.25, 0.3) is 5.57 Å².